The summed E-state index contributed by atoms with van der Waals surface area (Å²) >= 11 is 1.53. The van der Waals surface area contributed by atoms with Gasteiger partial charge in [-0.1, -0.05) is 0 Å². The van der Waals surface area contributed by atoms with Crippen LogP contribution in [0.3, 0.4) is 0 Å². The molecular formula is C12H11FN4OS. The van der Waals surface area contributed by atoms with Crippen molar-refractivity contribution in [3.8, 4) is 0 Å². The molecule has 0 aliphatic rings. The van der Waals surface area contributed by atoms with Gasteiger partial charge in [-0.05, 0) is 34.5 Å². The normalized spacial score (nSPS) is 12.7. The second-order valence-corrected chi connectivity index (χ2v) is 4.82. The van der Waals surface area contributed by atoms with Gasteiger partial charge in [0.05, 0.1) is 12.3 Å². The van der Waals surface area contributed by atoms with E-state index in [1.165, 1.54) is 28.1 Å². The SMILES string of the molecule is OC(CNc1nc2ccc(F)cn2n1)c1ccsc1. The topological polar surface area (TPSA) is 62.5 Å². The molecule has 3 aromatic heterocycles. The molecule has 0 spiro atoms. The number of hydrogen-bond acceptors (Lipinski definition) is 5. The average Bonchev–Trinajstić information content (AvgIpc) is 3.04. The Morgan fingerprint density at radius 2 is 2.32 bits per heavy atom. The molecule has 0 saturated carbocycles. The number of nitrogens with one attached hydrogen (secondary N) is 1. The minimum absolute atomic E-state index is 0.302. The predicted octanol–water partition coefficient (Wildman–Crippen LogP) is 2.08. The Kier molecular flexibility index (Phi) is 3.14. The lowest BCUT2D eigenvalue weighted by atomic mass is 10.2. The zero-order valence-electron chi connectivity index (χ0n) is 9.82. The molecule has 3 aromatic rings. The maximum Gasteiger partial charge on any atom is 0.243 e. The zero-order valence-corrected chi connectivity index (χ0v) is 10.6. The molecule has 1 unspecified atom stereocenters. The van der Waals surface area contributed by atoms with Crippen LogP contribution in [0.15, 0.2) is 35.2 Å². The fourth-order valence-corrected chi connectivity index (χ4v) is 2.41. The van der Waals surface area contributed by atoms with Crippen LogP contribution in [0.2, 0.25) is 0 Å². The fraction of sp³-hybridized carbons (Fsp3) is 0.167. The van der Waals surface area contributed by atoms with E-state index in [9.17, 15) is 9.50 Å². The van der Waals surface area contributed by atoms with E-state index in [-0.39, 0.29) is 5.82 Å². The molecule has 3 rings (SSSR count). The van der Waals surface area contributed by atoms with Crippen LogP contribution in [0.1, 0.15) is 11.7 Å². The van der Waals surface area contributed by atoms with Gasteiger partial charge in [-0.25, -0.2) is 8.91 Å². The fourth-order valence-electron chi connectivity index (χ4n) is 1.70. The molecular weight excluding hydrogens is 267 g/mol. The van der Waals surface area contributed by atoms with Gasteiger partial charge in [-0.2, -0.15) is 16.3 Å². The summed E-state index contributed by atoms with van der Waals surface area (Å²) in [6, 6.07) is 4.74. The Morgan fingerprint density at radius 1 is 1.42 bits per heavy atom. The van der Waals surface area contributed by atoms with E-state index in [2.05, 4.69) is 15.4 Å². The van der Waals surface area contributed by atoms with Crippen LogP contribution in [-0.2, 0) is 0 Å². The van der Waals surface area contributed by atoms with E-state index in [0.717, 1.165) is 5.56 Å². The van der Waals surface area contributed by atoms with Crippen molar-refractivity contribution in [2.45, 2.75) is 6.10 Å². The van der Waals surface area contributed by atoms with Crippen LogP contribution in [-0.4, -0.2) is 26.2 Å². The number of aliphatic hydroxyl groups is 1. The molecule has 0 saturated heterocycles. The van der Waals surface area contributed by atoms with E-state index in [1.807, 2.05) is 16.8 Å². The Morgan fingerprint density at radius 3 is 3.11 bits per heavy atom. The number of aliphatic hydroxyl groups excluding tert-OH is 1. The number of nitrogens with zero attached hydrogens (tertiary/aromatic N) is 3. The summed E-state index contributed by atoms with van der Waals surface area (Å²) in [6.07, 6.45) is 0.637. The Bertz CT molecular complexity index is 682. The molecule has 1 atom stereocenters. The van der Waals surface area contributed by atoms with Gasteiger partial charge in [0, 0.05) is 6.54 Å². The highest BCUT2D eigenvalue weighted by Gasteiger charge is 2.09. The number of fused-ring (bicyclic) bond motifs is 1. The van der Waals surface area contributed by atoms with Crippen LogP contribution in [0.4, 0.5) is 10.3 Å². The lowest BCUT2D eigenvalue weighted by molar-refractivity contribution is 0.192. The maximum atomic E-state index is 13.0. The molecule has 0 aromatic carbocycles. The first-order valence-corrected chi connectivity index (χ1v) is 6.62. The van der Waals surface area contributed by atoms with Crippen LogP contribution < -0.4 is 5.32 Å². The Labute approximate surface area is 112 Å². The van der Waals surface area contributed by atoms with Gasteiger partial charge in [-0.15, -0.1) is 5.10 Å². The molecule has 0 radical (unpaired) electrons. The Hall–Kier alpha value is -1.99. The lowest BCUT2D eigenvalue weighted by Crippen LogP contribution is -2.12. The molecule has 0 aliphatic carbocycles. The van der Waals surface area contributed by atoms with E-state index in [0.29, 0.717) is 18.1 Å². The van der Waals surface area contributed by atoms with Crippen molar-refractivity contribution in [3.63, 3.8) is 0 Å². The summed E-state index contributed by atoms with van der Waals surface area (Å²) in [5, 5.41) is 20.7. The smallest absolute Gasteiger partial charge is 0.243 e. The van der Waals surface area contributed by atoms with Crippen molar-refractivity contribution in [1.29, 1.82) is 0 Å². The van der Waals surface area contributed by atoms with Crippen molar-refractivity contribution >= 4 is 22.9 Å². The molecule has 0 amide bonds. The average molecular weight is 278 g/mol. The monoisotopic (exact) mass is 278 g/mol. The van der Waals surface area contributed by atoms with Gasteiger partial charge in [0.1, 0.15) is 5.82 Å². The van der Waals surface area contributed by atoms with Crippen LogP contribution in [0.5, 0.6) is 0 Å². The molecule has 7 heteroatoms. The zero-order chi connectivity index (χ0) is 13.2. The largest absolute Gasteiger partial charge is 0.387 e. The van der Waals surface area contributed by atoms with Crippen molar-refractivity contribution in [2.75, 3.05) is 11.9 Å². The summed E-state index contributed by atoms with van der Waals surface area (Å²) in [5.41, 5.74) is 1.40. The van der Waals surface area contributed by atoms with Gasteiger partial charge in [0.2, 0.25) is 5.95 Å². The third-order valence-electron chi connectivity index (χ3n) is 2.68. The van der Waals surface area contributed by atoms with Gasteiger partial charge in [0.15, 0.2) is 5.65 Å². The molecule has 19 heavy (non-hydrogen) atoms. The van der Waals surface area contributed by atoms with Gasteiger partial charge in [-0.3, -0.25) is 0 Å². The number of rotatable bonds is 4. The third kappa shape index (κ3) is 2.56. The number of anilines is 1. The highest BCUT2D eigenvalue weighted by Crippen LogP contribution is 2.16. The number of hydrogen-bond donors (Lipinski definition) is 2. The molecule has 0 bridgehead atoms. The minimum Gasteiger partial charge on any atom is -0.387 e. The van der Waals surface area contributed by atoms with Crippen molar-refractivity contribution < 1.29 is 9.50 Å². The third-order valence-corrected chi connectivity index (χ3v) is 3.38. The molecule has 5 nitrogen and oxygen atoms in total. The first-order chi connectivity index (χ1) is 9.22. The number of halogens is 1. The van der Waals surface area contributed by atoms with E-state index < -0.39 is 6.10 Å². The summed E-state index contributed by atoms with van der Waals surface area (Å²) in [5.74, 6) is -0.0119. The lowest BCUT2D eigenvalue weighted by Gasteiger charge is -2.08. The number of pyridine rings is 1. The standard InChI is InChI=1S/C12H11FN4OS/c13-9-1-2-11-15-12(16-17(11)6-9)14-5-10(18)8-3-4-19-7-8/h1-4,6-7,10,18H,5H2,(H,14,16). The predicted molar refractivity (Wildman–Crippen MR) is 70.7 cm³/mol. The van der Waals surface area contributed by atoms with E-state index in [4.69, 9.17) is 0 Å². The first kappa shape index (κ1) is 12.1. The first-order valence-electron chi connectivity index (χ1n) is 5.68. The number of aromatic nitrogens is 3. The van der Waals surface area contributed by atoms with E-state index >= 15 is 0 Å². The highest BCUT2D eigenvalue weighted by molar-refractivity contribution is 7.07. The molecule has 3 heterocycles. The van der Waals surface area contributed by atoms with Crippen LogP contribution in [0, 0.1) is 5.82 Å². The molecule has 98 valence electrons. The van der Waals surface area contributed by atoms with Crippen LogP contribution in [0.25, 0.3) is 5.65 Å². The summed E-state index contributed by atoms with van der Waals surface area (Å²) in [6.45, 7) is 0.302. The van der Waals surface area contributed by atoms with Crippen molar-refractivity contribution in [2.24, 2.45) is 0 Å². The second kappa shape index (κ2) is 4.94. The van der Waals surface area contributed by atoms with Gasteiger partial charge in [0.25, 0.3) is 0 Å². The summed E-state index contributed by atoms with van der Waals surface area (Å²) in [7, 11) is 0. The van der Waals surface area contributed by atoms with Gasteiger partial charge < -0.3 is 10.4 Å². The van der Waals surface area contributed by atoms with Gasteiger partial charge >= 0.3 is 0 Å². The van der Waals surface area contributed by atoms with Crippen molar-refractivity contribution in [3.05, 3.63) is 46.5 Å². The minimum atomic E-state index is -0.616. The van der Waals surface area contributed by atoms with Crippen molar-refractivity contribution in [1.82, 2.24) is 14.6 Å². The maximum absolute atomic E-state index is 13.0. The van der Waals surface area contributed by atoms with E-state index in [1.54, 1.807) is 6.07 Å². The molecule has 2 N–H and O–H groups in total. The van der Waals surface area contributed by atoms with Crippen LogP contribution >= 0.6 is 11.3 Å². The highest BCUT2D eigenvalue weighted by atomic mass is 32.1. The Balaban J connectivity index is 1.71. The quantitative estimate of drug-likeness (QED) is 0.767. The number of thiophene rings is 1. The summed E-state index contributed by atoms with van der Waals surface area (Å²) < 4.78 is 14.4. The second-order valence-electron chi connectivity index (χ2n) is 4.04. The summed E-state index contributed by atoms with van der Waals surface area (Å²) in [4.78, 5) is 4.17. The molecule has 0 aliphatic heterocycles. The molecule has 0 fully saturated rings.